The summed E-state index contributed by atoms with van der Waals surface area (Å²) in [6.07, 6.45) is 7.29. The lowest BCUT2D eigenvalue weighted by atomic mass is 9.87. The van der Waals surface area contributed by atoms with Gasteiger partial charge in [0.2, 0.25) is 0 Å². The van der Waals surface area contributed by atoms with Crippen molar-refractivity contribution in [3.05, 3.63) is 23.9 Å². The first-order valence-electron chi connectivity index (χ1n) is 4.59. The second-order valence-corrected chi connectivity index (χ2v) is 4.07. The summed E-state index contributed by atoms with van der Waals surface area (Å²) in [6, 6.07) is 4.01. The van der Waals surface area contributed by atoms with Crippen molar-refractivity contribution in [3.63, 3.8) is 0 Å². The highest BCUT2D eigenvalue weighted by molar-refractivity contribution is 5.40. The number of rotatable bonds is 2. The molecule has 0 amide bonds. The molecule has 1 aromatic rings. The maximum Gasteiger partial charge on any atom is 0.127 e. The molecule has 0 aliphatic heterocycles. The fraction of sp³-hybridized carbons (Fsp3) is 0.417. The van der Waals surface area contributed by atoms with E-state index in [2.05, 4.69) is 10.9 Å². The summed E-state index contributed by atoms with van der Waals surface area (Å²) in [6.45, 7) is 4.03. The van der Waals surface area contributed by atoms with Gasteiger partial charge in [-0.05, 0) is 25.5 Å². The lowest BCUT2D eigenvalue weighted by molar-refractivity contribution is 0.694. The number of terminal acetylenes is 1. The van der Waals surface area contributed by atoms with E-state index in [0.29, 0.717) is 0 Å². The highest BCUT2D eigenvalue weighted by Crippen LogP contribution is 2.22. The molecule has 0 N–H and O–H groups in total. The van der Waals surface area contributed by atoms with Gasteiger partial charge in [0.05, 0.1) is 5.41 Å². The zero-order valence-electron chi connectivity index (χ0n) is 9.20. The van der Waals surface area contributed by atoms with Gasteiger partial charge in [-0.15, -0.1) is 6.42 Å². The summed E-state index contributed by atoms with van der Waals surface area (Å²) < 4.78 is 0. The van der Waals surface area contributed by atoms with Crippen molar-refractivity contribution < 1.29 is 0 Å². The first kappa shape index (κ1) is 10.6. The standard InChI is InChI=1S/C12H16N2/c1-6-12(2,3)10-7-8-11(13-9-10)14(4)5/h1,7-9H,2-5H3. The van der Waals surface area contributed by atoms with E-state index < -0.39 is 0 Å². The van der Waals surface area contributed by atoms with Gasteiger partial charge in [-0.2, -0.15) is 0 Å². The molecule has 1 aromatic heterocycles. The molecule has 0 aliphatic rings. The maximum absolute atomic E-state index is 5.45. The summed E-state index contributed by atoms with van der Waals surface area (Å²) in [5.41, 5.74) is 0.836. The SMILES string of the molecule is C#CC(C)(C)c1ccc(N(C)C)nc1. The van der Waals surface area contributed by atoms with Crippen molar-refractivity contribution in [1.29, 1.82) is 0 Å². The first-order valence-corrected chi connectivity index (χ1v) is 4.59. The summed E-state index contributed by atoms with van der Waals surface area (Å²) in [5.74, 6) is 3.70. The van der Waals surface area contributed by atoms with Crippen LogP contribution in [0.5, 0.6) is 0 Å². The van der Waals surface area contributed by atoms with Crippen molar-refractivity contribution in [2.75, 3.05) is 19.0 Å². The van der Waals surface area contributed by atoms with E-state index in [4.69, 9.17) is 6.42 Å². The Hall–Kier alpha value is -1.49. The molecule has 74 valence electrons. The minimum atomic E-state index is -0.238. The van der Waals surface area contributed by atoms with Crippen LogP contribution in [0.1, 0.15) is 19.4 Å². The van der Waals surface area contributed by atoms with Crippen molar-refractivity contribution >= 4 is 5.82 Å². The molecule has 0 spiro atoms. The number of pyridine rings is 1. The second-order valence-electron chi connectivity index (χ2n) is 4.07. The summed E-state index contributed by atoms with van der Waals surface area (Å²) in [5, 5.41) is 0. The topological polar surface area (TPSA) is 16.1 Å². The Kier molecular flexibility index (Phi) is 2.81. The average Bonchev–Trinajstić information content (AvgIpc) is 2.18. The van der Waals surface area contributed by atoms with E-state index in [1.54, 1.807) is 0 Å². The van der Waals surface area contributed by atoms with Crippen molar-refractivity contribution in [3.8, 4) is 12.3 Å². The molecule has 1 heterocycles. The normalized spacial score (nSPS) is 10.8. The molecule has 0 unspecified atom stereocenters. The van der Waals surface area contributed by atoms with Crippen LogP contribution in [-0.2, 0) is 5.41 Å². The Balaban J connectivity index is 3.01. The zero-order valence-corrected chi connectivity index (χ0v) is 9.20. The van der Waals surface area contributed by atoms with Gasteiger partial charge in [0.15, 0.2) is 0 Å². The van der Waals surface area contributed by atoms with Crippen LogP contribution in [-0.4, -0.2) is 19.1 Å². The second kappa shape index (κ2) is 3.71. The van der Waals surface area contributed by atoms with Gasteiger partial charge in [-0.3, -0.25) is 0 Å². The van der Waals surface area contributed by atoms with Crippen LogP contribution in [0.15, 0.2) is 18.3 Å². The van der Waals surface area contributed by atoms with E-state index in [9.17, 15) is 0 Å². The van der Waals surface area contributed by atoms with Gasteiger partial charge in [0.25, 0.3) is 0 Å². The number of nitrogens with zero attached hydrogens (tertiary/aromatic N) is 2. The zero-order chi connectivity index (χ0) is 10.8. The van der Waals surface area contributed by atoms with E-state index in [1.165, 1.54) is 0 Å². The van der Waals surface area contributed by atoms with Gasteiger partial charge < -0.3 is 4.90 Å². The highest BCUT2D eigenvalue weighted by atomic mass is 15.1. The molecule has 0 bridgehead atoms. The van der Waals surface area contributed by atoms with Crippen LogP contribution in [0.2, 0.25) is 0 Å². The third-order valence-electron chi connectivity index (χ3n) is 2.29. The largest absolute Gasteiger partial charge is 0.363 e. The quantitative estimate of drug-likeness (QED) is 0.660. The fourth-order valence-corrected chi connectivity index (χ4v) is 1.10. The Morgan fingerprint density at radius 1 is 1.36 bits per heavy atom. The molecular formula is C12H16N2. The molecule has 2 heteroatoms. The molecule has 2 nitrogen and oxygen atoms in total. The fourth-order valence-electron chi connectivity index (χ4n) is 1.10. The molecule has 0 saturated heterocycles. The Labute approximate surface area is 86.0 Å². The highest BCUT2D eigenvalue weighted by Gasteiger charge is 2.17. The third-order valence-corrected chi connectivity index (χ3v) is 2.29. The lowest BCUT2D eigenvalue weighted by Gasteiger charge is -2.18. The van der Waals surface area contributed by atoms with Crippen molar-refractivity contribution in [2.45, 2.75) is 19.3 Å². The molecule has 0 atom stereocenters. The summed E-state index contributed by atoms with van der Waals surface area (Å²) >= 11 is 0. The monoisotopic (exact) mass is 188 g/mol. The molecule has 0 radical (unpaired) electrons. The minimum absolute atomic E-state index is 0.238. The lowest BCUT2D eigenvalue weighted by Crippen LogP contribution is -2.16. The van der Waals surface area contributed by atoms with Crippen molar-refractivity contribution in [2.24, 2.45) is 0 Å². The first-order chi connectivity index (χ1) is 6.47. The van der Waals surface area contributed by atoms with Crippen molar-refractivity contribution in [1.82, 2.24) is 4.98 Å². The molecule has 0 aromatic carbocycles. The van der Waals surface area contributed by atoms with Crippen LogP contribution in [0.25, 0.3) is 0 Å². The molecule has 1 rings (SSSR count). The Morgan fingerprint density at radius 3 is 2.36 bits per heavy atom. The number of hydrogen-bond donors (Lipinski definition) is 0. The van der Waals surface area contributed by atoms with Crippen LogP contribution >= 0.6 is 0 Å². The van der Waals surface area contributed by atoms with Crippen LogP contribution in [0.3, 0.4) is 0 Å². The van der Waals surface area contributed by atoms with Gasteiger partial charge in [-0.1, -0.05) is 12.0 Å². The van der Waals surface area contributed by atoms with E-state index >= 15 is 0 Å². The summed E-state index contributed by atoms with van der Waals surface area (Å²) in [7, 11) is 3.93. The van der Waals surface area contributed by atoms with Crippen LogP contribution < -0.4 is 4.90 Å². The maximum atomic E-state index is 5.45. The van der Waals surface area contributed by atoms with Crippen LogP contribution in [0, 0.1) is 12.3 Å². The number of aromatic nitrogens is 1. The Morgan fingerprint density at radius 2 is 2.00 bits per heavy atom. The van der Waals surface area contributed by atoms with E-state index in [-0.39, 0.29) is 5.41 Å². The molecule has 0 saturated carbocycles. The van der Waals surface area contributed by atoms with Gasteiger partial charge in [-0.25, -0.2) is 4.98 Å². The van der Waals surface area contributed by atoms with Gasteiger partial charge in [0, 0.05) is 20.3 Å². The predicted molar refractivity (Wildman–Crippen MR) is 60.4 cm³/mol. The summed E-state index contributed by atoms with van der Waals surface area (Å²) in [4.78, 5) is 6.29. The Bertz CT molecular complexity index is 342. The van der Waals surface area contributed by atoms with E-state index in [1.807, 2.05) is 51.2 Å². The van der Waals surface area contributed by atoms with Gasteiger partial charge >= 0.3 is 0 Å². The predicted octanol–water partition coefficient (Wildman–Crippen LogP) is 2.06. The van der Waals surface area contributed by atoms with E-state index in [0.717, 1.165) is 11.4 Å². The smallest absolute Gasteiger partial charge is 0.127 e. The number of anilines is 1. The number of hydrogen-bond acceptors (Lipinski definition) is 2. The third kappa shape index (κ3) is 2.05. The molecule has 0 aliphatic carbocycles. The van der Waals surface area contributed by atoms with Gasteiger partial charge in [0.1, 0.15) is 5.82 Å². The molecular weight excluding hydrogens is 172 g/mol. The molecule has 14 heavy (non-hydrogen) atoms. The minimum Gasteiger partial charge on any atom is -0.363 e. The average molecular weight is 188 g/mol. The van der Waals surface area contributed by atoms with Crippen LogP contribution in [0.4, 0.5) is 5.82 Å². The molecule has 0 fully saturated rings.